The molecule has 0 saturated carbocycles. The smallest absolute Gasteiger partial charge is 0.229 e. The molecule has 9 heteroatoms. The second kappa shape index (κ2) is 8.04. The number of rotatable bonds is 5. The van der Waals surface area contributed by atoms with Crippen molar-refractivity contribution < 1.29 is 18.6 Å². The molecule has 0 spiro atoms. The summed E-state index contributed by atoms with van der Waals surface area (Å²) < 4.78 is 30.9. The molecule has 0 radical (unpaired) electrons. The van der Waals surface area contributed by atoms with Crippen molar-refractivity contribution in [3.05, 3.63) is 48.4 Å². The number of benzene rings is 2. The van der Waals surface area contributed by atoms with Crippen molar-refractivity contribution in [1.29, 1.82) is 0 Å². The van der Waals surface area contributed by atoms with E-state index in [-0.39, 0.29) is 11.8 Å². The van der Waals surface area contributed by atoms with Gasteiger partial charge in [-0.2, -0.15) is 4.98 Å². The second-order valence-electron chi connectivity index (χ2n) is 6.26. The zero-order valence-corrected chi connectivity index (χ0v) is 16.7. The number of aromatic nitrogens is 2. The minimum absolute atomic E-state index is 0.122. The van der Waals surface area contributed by atoms with E-state index in [1.165, 1.54) is 0 Å². The molecule has 4 rings (SSSR count). The molecular formula is C20H19FN4O3S. The molecule has 0 atom stereocenters. The fourth-order valence-electron chi connectivity index (χ4n) is 2.90. The maximum Gasteiger partial charge on any atom is 0.229 e. The van der Waals surface area contributed by atoms with Gasteiger partial charge in [-0.3, -0.25) is 0 Å². The van der Waals surface area contributed by atoms with Gasteiger partial charge >= 0.3 is 0 Å². The Morgan fingerprint density at radius 1 is 1.14 bits per heavy atom. The molecule has 1 aliphatic rings. The number of hydrogen-bond acceptors (Lipinski definition) is 8. The summed E-state index contributed by atoms with van der Waals surface area (Å²) >= 11 is 4.32. The lowest BCUT2D eigenvalue weighted by Gasteiger charge is -2.23. The second-order valence-corrected chi connectivity index (χ2v) is 6.75. The van der Waals surface area contributed by atoms with Gasteiger partial charge in [0.05, 0.1) is 13.3 Å². The van der Waals surface area contributed by atoms with Crippen LogP contribution < -0.4 is 24.4 Å². The minimum Gasteiger partial charge on any atom is -0.496 e. The lowest BCUT2D eigenvalue weighted by Crippen LogP contribution is -2.17. The van der Waals surface area contributed by atoms with Crippen LogP contribution in [0.5, 0.6) is 17.2 Å². The first-order chi connectivity index (χ1) is 14.0. The number of ether oxygens (including phenoxy) is 3. The molecule has 0 saturated heterocycles. The van der Waals surface area contributed by atoms with Gasteiger partial charge in [0.25, 0.3) is 0 Å². The number of thiol groups is 1. The molecular weight excluding hydrogens is 395 g/mol. The van der Waals surface area contributed by atoms with Gasteiger partial charge in [0.15, 0.2) is 23.1 Å². The Labute approximate surface area is 172 Å². The first-order valence-electron chi connectivity index (χ1n) is 8.85. The highest BCUT2D eigenvalue weighted by Gasteiger charge is 2.18. The van der Waals surface area contributed by atoms with E-state index in [0.717, 1.165) is 6.20 Å². The van der Waals surface area contributed by atoms with Crippen LogP contribution in [-0.2, 0) is 0 Å². The van der Waals surface area contributed by atoms with Gasteiger partial charge in [-0.1, -0.05) is 0 Å². The van der Waals surface area contributed by atoms with Gasteiger partial charge < -0.3 is 24.4 Å². The van der Waals surface area contributed by atoms with E-state index in [4.69, 9.17) is 14.2 Å². The van der Waals surface area contributed by atoms with E-state index in [2.05, 4.69) is 27.9 Å². The van der Waals surface area contributed by atoms with Crippen molar-refractivity contribution in [3.63, 3.8) is 0 Å². The van der Waals surface area contributed by atoms with Crippen molar-refractivity contribution >= 4 is 35.8 Å². The number of methoxy groups -OCH3 is 1. The van der Waals surface area contributed by atoms with Gasteiger partial charge in [-0.05, 0) is 24.3 Å². The summed E-state index contributed by atoms with van der Waals surface area (Å²) in [6, 6.07) is 10.8. The summed E-state index contributed by atoms with van der Waals surface area (Å²) in [5.41, 5.74) is 1.40. The first-order valence-corrected chi connectivity index (χ1v) is 9.30. The maximum absolute atomic E-state index is 14.5. The van der Waals surface area contributed by atoms with Gasteiger partial charge in [0, 0.05) is 35.5 Å². The Balaban J connectivity index is 1.61. The van der Waals surface area contributed by atoms with Crippen molar-refractivity contribution in [2.75, 3.05) is 37.6 Å². The first kappa shape index (κ1) is 19.1. The highest BCUT2D eigenvalue weighted by atomic mass is 32.1. The summed E-state index contributed by atoms with van der Waals surface area (Å²) in [5, 5.41) is 3.06. The lowest BCUT2D eigenvalue weighted by atomic mass is 10.2. The number of anilines is 4. The van der Waals surface area contributed by atoms with Crippen molar-refractivity contribution in [2.45, 2.75) is 4.90 Å². The van der Waals surface area contributed by atoms with Crippen LogP contribution in [0.25, 0.3) is 0 Å². The molecule has 3 aromatic rings. The number of nitrogens with zero attached hydrogens (tertiary/aromatic N) is 3. The van der Waals surface area contributed by atoms with Gasteiger partial charge in [0.2, 0.25) is 5.95 Å². The fraction of sp³-hybridized carbons (Fsp3) is 0.200. The molecule has 1 aromatic heterocycles. The zero-order chi connectivity index (χ0) is 20.4. The number of halogens is 1. The highest BCUT2D eigenvalue weighted by Crippen LogP contribution is 2.36. The van der Waals surface area contributed by atoms with Crippen LogP contribution in [0.15, 0.2) is 47.5 Å². The topological polar surface area (TPSA) is 68.7 Å². The van der Waals surface area contributed by atoms with E-state index >= 15 is 0 Å². The van der Waals surface area contributed by atoms with E-state index in [1.807, 2.05) is 12.1 Å². The Kier molecular flexibility index (Phi) is 5.30. The van der Waals surface area contributed by atoms with Crippen LogP contribution in [-0.4, -0.2) is 37.3 Å². The van der Waals surface area contributed by atoms with Gasteiger partial charge in [-0.25, -0.2) is 9.37 Å². The summed E-state index contributed by atoms with van der Waals surface area (Å²) in [7, 11) is 3.28. The number of hydrogen-bond donors (Lipinski definition) is 2. The average Bonchev–Trinajstić information content (AvgIpc) is 2.75. The van der Waals surface area contributed by atoms with E-state index in [9.17, 15) is 4.39 Å². The molecule has 0 aliphatic carbocycles. The molecule has 0 bridgehead atoms. The molecule has 2 aromatic carbocycles. The Hall–Kier alpha value is -3.20. The Morgan fingerprint density at radius 3 is 2.72 bits per heavy atom. The number of fused-ring (bicyclic) bond motifs is 1. The largest absolute Gasteiger partial charge is 0.496 e. The fourth-order valence-corrected chi connectivity index (χ4v) is 3.13. The van der Waals surface area contributed by atoms with Crippen LogP contribution in [0, 0.1) is 5.82 Å². The standard InChI is InChI=1S/C20H19FN4O3S/c1-25(13-4-5-15-16(10-13)28-8-7-27-15)19-14(21)11-22-20(24-19)23-12-3-6-18(29)17(9-12)26-2/h3-6,9-11,29H,7-8H2,1-2H3,(H,22,23,24). The average molecular weight is 414 g/mol. The third-order valence-corrected chi connectivity index (χ3v) is 4.76. The van der Waals surface area contributed by atoms with Crippen molar-refractivity contribution in [3.8, 4) is 17.2 Å². The van der Waals surface area contributed by atoms with Crippen molar-refractivity contribution in [2.24, 2.45) is 0 Å². The lowest BCUT2D eigenvalue weighted by molar-refractivity contribution is 0.171. The quantitative estimate of drug-likeness (QED) is 0.607. The Morgan fingerprint density at radius 2 is 1.93 bits per heavy atom. The molecule has 0 unspecified atom stereocenters. The summed E-state index contributed by atoms with van der Waals surface area (Å²) in [4.78, 5) is 10.7. The molecule has 1 aliphatic heterocycles. The highest BCUT2D eigenvalue weighted by molar-refractivity contribution is 7.80. The van der Waals surface area contributed by atoms with Crippen LogP contribution in [0.4, 0.5) is 27.5 Å². The molecule has 0 fully saturated rings. The van der Waals surface area contributed by atoms with E-state index in [1.54, 1.807) is 43.3 Å². The third-order valence-electron chi connectivity index (χ3n) is 4.39. The SMILES string of the molecule is COc1cc(Nc2ncc(F)c(N(C)c3ccc4c(c3)OCCO4)n2)ccc1S. The Bertz CT molecular complexity index is 1050. The monoisotopic (exact) mass is 414 g/mol. The molecule has 29 heavy (non-hydrogen) atoms. The molecule has 7 nitrogen and oxygen atoms in total. The van der Waals surface area contributed by atoms with E-state index < -0.39 is 5.82 Å². The van der Waals surface area contributed by atoms with Crippen LogP contribution in [0.1, 0.15) is 0 Å². The van der Waals surface area contributed by atoms with Crippen molar-refractivity contribution in [1.82, 2.24) is 9.97 Å². The van der Waals surface area contributed by atoms with Gasteiger partial charge in [-0.15, -0.1) is 12.6 Å². The third kappa shape index (κ3) is 4.00. The van der Waals surface area contributed by atoms with Crippen LogP contribution in [0.2, 0.25) is 0 Å². The molecule has 2 heterocycles. The maximum atomic E-state index is 14.5. The summed E-state index contributed by atoms with van der Waals surface area (Å²) in [6.45, 7) is 0.987. The predicted molar refractivity (Wildman–Crippen MR) is 111 cm³/mol. The van der Waals surface area contributed by atoms with E-state index in [0.29, 0.717) is 46.7 Å². The predicted octanol–water partition coefficient (Wildman–Crippen LogP) is 4.20. The molecule has 0 amide bonds. The summed E-state index contributed by atoms with van der Waals surface area (Å²) in [5.74, 6) is 1.72. The summed E-state index contributed by atoms with van der Waals surface area (Å²) in [6.07, 6.45) is 1.13. The minimum atomic E-state index is -0.545. The molecule has 150 valence electrons. The van der Waals surface area contributed by atoms with Crippen LogP contribution >= 0.6 is 12.6 Å². The zero-order valence-electron chi connectivity index (χ0n) is 15.8. The number of nitrogens with one attached hydrogen (secondary N) is 1. The molecule has 1 N–H and O–H groups in total. The van der Waals surface area contributed by atoms with Crippen LogP contribution in [0.3, 0.4) is 0 Å². The normalized spacial score (nSPS) is 12.4. The van der Waals surface area contributed by atoms with Gasteiger partial charge in [0.1, 0.15) is 19.0 Å².